The van der Waals surface area contributed by atoms with Crippen LogP contribution < -0.4 is 5.09 Å². The average Bonchev–Trinajstić information content (AvgIpc) is 2.03. The van der Waals surface area contributed by atoms with Gasteiger partial charge in [0.1, 0.15) is 0 Å². The van der Waals surface area contributed by atoms with Crippen LogP contribution in [0.15, 0.2) is 0 Å². The Labute approximate surface area is 79.5 Å². The monoisotopic (exact) mass is 210 g/mol. The third-order valence-electron chi connectivity index (χ3n) is 1.71. The Morgan fingerprint density at radius 1 is 1.58 bits per heavy atom. The summed E-state index contributed by atoms with van der Waals surface area (Å²) in [6.45, 7) is 1.86. The molecule has 0 aliphatic heterocycles. The van der Waals surface area contributed by atoms with Gasteiger partial charge in [0, 0.05) is 5.25 Å². The normalized spacial score (nSPS) is 19.2. The Bertz CT molecular complexity index is 175. The standard InChI is InChI=1S/C7H19N2OPS/c1-6-7(2)12-11(10,8-3)9(4)5/h7H,6H2,1-5H3,(H,8,10). The van der Waals surface area contributed by atoms with E-state index in [-0.39, 0.29) is 0 Å². The smallest absolute Gasteiger partial charge is 0.268 e. The fraction of sp³-hybridized carbons (Fsp3) is 1.00. The predicted molar refractivity (Wildman–Crippen MR) is 57.7 cm³/mol. The molecule has 0 rings (SSSR count). The van der Waals surface area contributed by atoms with Crippen molar-refractivity contribution in [2.24, 2.45) is 0 Å². The van der Waals surface area contributed by atoms with Gasteiger partial charge in [0.15, 0.2) is 0 Å². The molecule has 0 saturated heterocycles. The number of hydrogen-bond acceptors (Lipinski definition) is 2. The van der Waals surface area contributed by atoms with Crippen molar-refractivity contribution in [1.82, 2.24) is 9.76 Å². The van der Waals surface area contributed by atoms with Gasteiger partial charge in [0.2, 0.25) is 0 Å². The summed E-state index contributed by atoms with van der Waals surface area (Å²) in [6, 6.07) is 0. The summed E-state index contributed by atoms with van der Waals surface area (Å²) >= 11 is 1.53. The predicted octanol–water partition coefficient (Wildman–Crippen LogP) is 2.41. The molecule has 74 valence electrons. The van der Waals surface area contributed by atoms with E-state index in [9.17, 15) is 4.57 Å². The molecule has 3 nitrogen and oxygen atoms in total. The highest BCUT2D eigenvalue weighted by Crippen LogP contribution is 2.58. The fourth-order valence-electron chi connectivity index (χ4n) is 0.665. The van der Waals surface area contributed by atoms with Gasteiger partial charge in [-0.2, -0.15) is 0 Å². The van der Waals surface area contributed by atoms with Crippen molar-refractivity contribution in [2.75, 3.05) is 21.1 Å². The van der Waals surface area contributed by atoms with Crippen LogP contribution in [0.5, 0.6) is 0 Å². The lowest BCUT2D eigenvalue weighted by atomic mass is 10.4. The Morgan fingerprint density at radius 3 is 2.33 bits per heavy atom. The molecule has 0 aliphatic carbocycles. The van der Waals surface area contributed by atoms with Gasteiger partial charge in [-0.1, -0.05) is 25.2 Å². The van der Waals surface area contributed by atoms with Crippen LogP contribution in [0, 0.1) is 0 Å². The van der Waals surface area contributed by atoms with Crippen LogP contribution in [-0.2, 0) is 4.57 Å². The van der Waals surface area contributed by atoms with Crippen molar-refractivity contribution in [3.8, 4) is 0 Å². The van der Waals surface area contributed by atoms with Crippen molar-refractivity contribution < 1.29 is 4.57 Å². The van der Waals surface area contributed by atoms with Crippen molar-refractivity contribution in [3.63, 3.8) is 0 Å². The molecule has 0 radical (unpaired) electrons. The molecule has 0 aliphatic rings. The van der Waals surface area contributed by atoms with Crippen molar-refractivity contribution >= 4 is 18.0 Å². The van der Waals surface area contributed by atoms with Crippen LogP contribution in [-0.4, -0.2) is 31.1 Å². The average molecular weight is 210 g/mol. The summed E-state index contributed by atoms with van der Waals surface area (Å²) in [5, 5.41) is 3.32. The number of rotatable bonds is 5. The Balaban J connectivity index is 4.25. The fourth-order valence-corrected chi connectivity index (χ4v) is 4.79. The summed E-state index contributed by atoms with van der Waals surface area (Å²) in [4.78, 5) is 0. The molecule has 0 aromatic heterocycles. The quantitative estimate of drug-likeness (QED) is 0.706. The highest BCUT2D eigenvalue weighted by atomic mass is 32.7. The lowest BCUT2D eigenvalue weighted by Crippen LogP contribution is -2.17. The van der Waals surface area contributed by atoms with E-state index in [0.717, 1.165) is 6.42 Å². The summed E-state index contributed by atoms with van der Waals surface area (Å²) in [5.41, 5.74) is 0. The van der Waals surface area contributed by atoms with Gasteiger partial charge >= 0.3 is 0 Å². The van der Waals surface area contributed by atoms with Gasteiger partial charge in [-0.15, -0.1) is 0 Å². The lowest BCUT2D eigenvalue weighted by Gasteiger charge is -2.25. The second kappa shape index (κ2) is 5.28. The molecule has 2 atom stereocenters. The van der Waals surface area contributed by atoms with Gasteiger partial charge in [-0.05, 0) is 27.6 Å². The number of nitrogens with one attached hydrogen (secondary N) is 1. The van der Waals surface area contributed by atoms with Gasteiger partial charge in [0.05, 0.1) is 0 Å². The molecule has 0 aromatic rings. The van der Waals surface area contributed by atoms with Gasteiger partial charge in [-0.25, -0.2) is 9.76 Å². The van der Waals surface area contributed by atoms with Crippen LogP contribution in [0.25, 0.3) is 0 Å². The highest BCUT2D eigenvalue weighted by Gasteiger charge is 2.25. The second-order valence-electron chi connectivity index (χ2n) is 2.92. The first kappa shape index (κ1) is 12.5. The number of hydrogen-bond donors (Lipinski definition) is 1. The first-order chi connectivity index (χ1) is 5.46. The van der Waals surface area contributed by atoms with E-state index >= 15 is 0 Å². The third-order valence-corrected chi connectivity index (χ3v) is 7.77. The van der Waals surface area contributed by atoms with Gasteiger partial charge in [0.25, 0.3) is 6.65 Å². The van der Waals surface area contributed by atoms with Crippen molar-refractivity contribution in [1.29, 1.82) is 0 Å². The van der Waals surface area contributed by atoms with Crippen molar-refractivity contribution in [3.05, 3.63) is 0 Å². The summed E-state index contributed by atoms with van der Waals surface area (Å²) < 4.78 is 13.8. The van der Waals surface area contributed by atoms with E-state index < -0.39 is 6.65 Å². The van der Waals surface area contributed by atoms with Gasteiger partial charge in [-0.3, -0.25) is 4.57 Å². The molecule has 12 heavy (non-hydrogen) atoms. The van der Waals surface area contributed by atoms with Crippen LogP contribution in [0.3, 0.4) is 0 Å². The molecular formula is C7H19N2OPS. The highest BCUT2D eigenvalue weighted by molar-refractivity contribution is 8.57. The number of nitrogens with zero attached hydrogens (tertiary/aromatic N) is 1. The molecular weight excluding hydrogens is 191 g/mol. The minimum atomic E-state index is -2.34. The zero-order valence-electron chi connectivity index (χ0n) is 8.50. The van der Waals surface area contributed by atoms with E-state index in [1.807, 2.05) is 14.1 Å². The topological polar surface area (TPSA) is 32.3 Å². The van der Waals surface area contributed by atoms with E-state index in [1.165, 1.54) is 11.4 Å². The molecule has 0 saturated carbocycles. The molecule has 1 N–H and O–H groups in total. The molecule has 0 fully saturated rings. The maximum Gasteiger partial charge on any atom is 0.268 e. The minimum absolute atomic E-state index is 0.436. The Hall–Kier alpha value is 0.500. The first-order valence-corrected chi connectivity index (χ1v) is 7.26. The Kier molecular flexibility index (Phi) is 5.50. The lowest BCUT2D eigenvalue weighted by molar-refractivity contribution is 0.522. The summed E-state index contributed by atoms with van der Waals surface area (Å²) in [5.74, 6) is 0. The largest absolute Gasteiger partial charge is 0.277 e. The van der Waals surface area contributed by atoms with Crippen LogP contribution >= 0.6 is 18.0 Å². The minimum Gasteiger partial charge on any atom is -0.277 e. The van der Waals surface area contributed by atoms with E-state index in [4.69, 9.17) is 0 Å². The van der Waals surface area contributed by atoms with Crippen LogP contribution in [0.1, 0.15) is 20.3 Å². The third kappa shape index (κ3) is 3.48. The zero-order chi connectivity index (χ0) is 9.78. The van der Waals surface area contributed by atoms with Gasteiger partial charge < -0.3 is 0 Å². The summed E-state index contributed by atoms with van der Waals surface area (Å²) in [6.07, 6.45) is 1.05. The second-order valence-corrected chi connectivity index (χ2v) is 8.34. The molecule has 0 amide bonds. The van der Waals surface area contributed by atoms with Crippen LogP contribution in [0.4, 0.5) is 0 Å². The molecule has 5 heteroatoms. The molecule has 0 heterocycles. The summed E-state index contributed by atoms with van der Waals surface area (Å²) in [7, 11) is 5.43. The molecule has 0 bridgehead atoms. The van der Waals surface area contributed by atoms with Crippen LogP contribution in [0.2, 0.25) is 0 Å². The molecule has 0 aromatic carbocycles. The maximum absolute atomic E-state index is 12.0. The maximum atomic E-state index is 12.0. The van der Waals surface area contributed by atoms with E-state index in [0.29, 0.717) is 5.25 Å². The molecule has 2 unspecified atom stereocenters. The SMILES string of the molecule is CCC(C)SP(=O)(NC)N(C)C. The van der Waals surface area contributed by atoms with E-state index in [1.54, 1.807) is 11.7 Å². The first-order valence-electron chi connectivity index (χ1n) is 4.11. The van der Waals surface area contributed by atoms with Crippen molar-refractivity contribution in [2.45, 2.75) is 25.5 Å². The molecule has 0 spiro atoms. The zero-order valence-corrected chi connectivity index (χ0v) is 10.2. The Morgan fingerprint density at radius 2 is 2.08 bits per heavy atom. The van der Waals surface area contributed by atoms with E-state index in [2.05, 4.69) is 18.9 Å².